The average molecular weight is 177 g/mol. The summed E-state index contributed by atoms with van der Waals surface area (Å²) < 4.78 is 5.33. The molecule has 3 nitrogen and oxygen atoms in total. The van der Waals surface area contributed by atoms with Crippen molar-refractivity contribution < 1.29 is 9.84 Å². The number of phenolic OH excluding ortho intramolecular Hbond substituents is 1. The maximum Gasteiger partial charge on any atom is 0.141 e. The molecule has 0 fully saturated rings. The van der Waals surface area contributed by atoms with E-state index in [9.17, 15) is 5.11 Å². The number of hydrogen-bond donors (Lipinski definition) is 1. The Labute approximate surface area is 77.2 Å². The highest BCUT2D eigenvalue weighted by Gasteiger charge is 2.08. The monoisotopic (exact) mass is 177 g/mol. The van der Waals surface area contributed by atoms with E-state index in [-0.39, 0.29) is 17.4 Å². The molecule has 13 heavy (non-hydrogen) atoms. The van der Waals surface area contributed by atoms with Gasteiger partial charge in [0, 0.05) is 0 Å². The third-order valence-corrected chi connectivity index (χ3v) is 1.48. The molecule has 0 saturated heterocycles. The lowest BCUT2D eigenvalue weighted by atomic mass is 10.2. The Balaban J connectivity index is 3.07. The van der Waals surface area contributed by atoms with Gasteiger partial charge in [-0.2, -0.15) is 5.26 Å². The van der Waals surface area contributed by atoms with E-state index in [2.05, 4.69) is 0 Å². The second-order valence-corrected chi connectivity index (χ2v) is 2.93. The largest absolute Gasteiger partial charge is 0.506 e. The summed E-state index contributed by atoms with van der Waals surface area (Å²) in [6, 6.07) is 6.67. The first-order chi connectivity index (χ1) is 6.15. The number of ether oxygens (including phenoxy) is 1. The number of nitrogens with zero attached hydrogens (tertiary/aromatic N) is 1. The highest BCUT2D eigenvalue weighted by Crippen LogP contribution is 2.26. The number of nitriles is 1. The van der Waals surface area contributed by atoms with E-state index in [4.69, 9.17) is 10.00 Å². The zero-order chi connectivity index (χ0) is 9.84. The second kappa shape index (κ2) is 3.81. The minimum atomic E-state index is -0.0411. The highest BCUT2D eigenvalue weighted by molar-refractivity contribution is 5.51. The lowest BCUT2D eigenvalue weighted by molar-refractivity contribution is 0.240. The van der Waals surface area contributed by atoms with Crippen molar-refractivity contribution >= 4 is 0 Å². The van der Waals surface area contributed by atoms with E-state index < -0.39 is 0 Å². The van der Waals surface area contributed by atoms with Gasteiger partial charge in [-0.05, 0) is 26.0 Å². The van der Waals surface area contributed by atoms with Crippen molar-refractivity contribution in [3.63, 3.8) is 0 Å². The van der Waals surface area contributed by atoms with E-state index >= 15 is 0 Å². The van der Waals surface area contributed by atoms with Gasteiger partial charge in [0.1, 0.15) is 23.1 Å². The molecule has 0 amide bonds. The van der Waals surface area contributed by atoms with Gasteiger partial charge in [0.05, 0.1) is 6.10 Å². The van der Waals surface area contributed by atoms with Crippen LogP contribution < -0.4 is 4.74 Å². The van der Waals surface area contributed by atoms with Gasteiger partial charge in [0.2, 0.25) is 0 Å². The molecule has 1 aromatic carbocycles. The highest BCUT2D eigenvalue weighted by atomic mass is 16.5. The summed E-state index contributed by atoms with van der Waals surface area (Å²) in [6.07, 6.45) is -0.00565. The number of phenols is 1. The van der Waals surface area contributed by atoms with Crippen LogP contribution in [0.3, 0.4) is 0 Å². The van der Waals surface area contributed by atoms with Gasteiger partial charge in [-0.25, -0.2) is 0 Å². The summed E-state index contributed by atoms with van der Waals surface area (Å²) in [6.45, 7) is 3.73. The predicted octanol–water partition coefficient (Wildman–Crippen LogP) is 2.05. The van der Waals surface area contributed by atoms with Crippen molar-refractivity contribution in [2.45, 2.75) is 20.0 Å². The van der Waals surface area contributed by atoms with Gasteiger partial charge in [-0.1, -0.05) is 6.07 Å². The van der Waals surface area contributed by atoms with Crippen molar-refractivity contribution in [1.82, 2.24) is 0 Å². The van der Waals surface area contributed by atoms with E-state index in [1.807, 2.05) is 19.9 Å². The summed E-state index contributed by atoms with van der Waals surface area (Å²) in [5, 5.41) is 18.0. The molecule has 1 rings (SSSR count). The molecule has 68 valence electrons. The molecule has 0 aromatic heterocycles. The summed E-state index contributed by atoms with van der Waals surface area (Å²) in [7, 11) is 0. The quantitative estimate of drug-likeness (QED) is 0.752. The first-order valence-electron chi connectivity index (χ1n) is 4.04. The van der Waals surface area contributed by atoms with Crippen LogP contribution in [0.4, 0.5) is 0 Å². The molecule has 0 aliphatic heterocycles. The van der Waals surface area contributed by atoms with Gasteiger partial charge in [-0.3, -0.25) is 0 Å². The Morgan fingerprint density at radius 1 is 1.46 bits per heavy atom. The van der Waals surface area contributed by atoms with Gasteiger partial charge < -0.3 is 9.84 Å². The van der Waals surface area contributed by atoms with Crippen LogP contribution in [0.15, 0.2) is 18.2 Å². The first kappa shape index (κ1) is 9.40. The summed E-state index contributed by atoms with van der Waals surface area (Å²) in [5.41, 5.74) is 0.191. The fraction of sp³-hybridized carbons (Fsp3) is 0.300. The first-order valence-corrected chi connectivity index (χ1v) is 4.04. The Bertz CT molecular complexity index is 339. The number of hydrogen-bond acceptors (Lipinski definition) is 3. The summed E-state index contributed by atoms with van der Waals surface area (Å²) >= 11 is 0. The van der Waals surface area contributed by atoms with Crippen molar-refractivity contribution in [1.29, 1.82) is 5.26 Å². The zero-order valence-electron chi connectivity index (χ0n) is 7.61. The Hall–Kier alpha value is -1.69. The van der Waals surface area contributed by atoms with E-state index in [0.717, 1.165) is 0 Å². The Morgan fingerprint density at radius 2 is 2.15 bits per heavy atom. The molecule has 1 N–H and O–H groups in total. The van der Waals surface area contributed by atoms with E-state index in [1.54, 1.807) is 12.1 Å². The van der Waals surface area contributed by atoms with Crippen LogP contribution in [-0.2, 0) is 0 Å². The van der Waals surface area contributed by atoms with E-state index in [1.165, 1.54) is 6.07 Å². The summed E-state index contributed by atoms with van der Waals surface area (Å²) in [5.74, 6) is 0.387. The zero-order valence-corrected chi connectivity index (χ0v) is 7.61. The smallest absolute Gasteiger partial charge is 0.141 e. The molecule has 1 aromatic rings. The van der Waals surface area contributed by atoms with Crippen molar-refractivity contribution in [3.05, 3.63) is 23.8 Å². The fourth-order valence-corrected chi connectivity index (χ4v) is 0.984. The van der Waals surface area contributed by atoms with Gasteiger partial charge in [0.15, 0.2) is 0 Å². The second-order valence-electron chi connectivity index (χ2n) is 2.93. The predicted molar refractivity (Wildman–Crippen MR) is 48.6 cm³/mol. The third kappa shape index (κ3) is 2.12. The van der Waals surface area contributed by atoms with Crippen LogP contribution in [0, 0.1) is 11.3 Å². The molecule has 0 saturated carbocycles. The van der Waals surface area contributed by atoms with Crippen LogP contribution in [0.25, 0.3) is 0 Å². The molecule has 0 heterocycles. The molecule has 0 aliphatic rings. The third-order valence-electron chi connectivity index (χ3n) is 1.48. The molecule has 0 bridgehead atoms. The lowest BCUT2D eigenvalue weighted by Crippen LogP contribution is -2.06. The number of benzene rings is 1. The van der Waals surface area contributed by atoms with Crippen LogP contribution in [0.1, 0.15) is 19.4 Å². The van der Waals surface area contributed by atoms with Crippen molar-refractivity contribution in [2.75, 3.05) is 0 Å². The van der Waals surface area contributed by atoms with Crippen LogP contribution in [-0.4, -0.2) is 11.2 Å². The minimum absolute atomic E-state index is 0.00565. The van der Waals surface area contributed by atoms with Crippen LogP contribution in [0.2, 0.25) is 0 Å². The van der Waals surface area contributed by atoms with Gasteiger partial charge in [0.25, 0.3) is 0 Å². The average Bonchev–Trinajstić information content (AvgIpc) is 2.03. The van der Waals surface area contributed by atoms with Crippen LogP contribution >= 0.6 is 0 Å². The summed E-state index contributed by atoms with van der Waals surface area (Å²) in [4.78, 5) is 0. The van der Waals surface area contributed by atoms with Gasteiger partial charge in [-0.15, -0.1) is 0 Å². The molecule has 3 heteroatoms. The van der Waals surface area contributed by atoms with E-state index in [0.29, 0.717) is 5.75 Å². The molecular formula is C10H11NO2. The Kier molecular flexibility index (Phi) is 2.76. The maximum atomic E-state index is 9.30. The number of aromatic hydroxyl groups is 1. The molecule has 0 radical (unpaired) electrons. The molecule has 0 aliphatic carbocycles. The van der Waals surface area contributed by atoms with Crippen molar-refractivity contribution in [2.24, 2.45) is 0 Å². The van der Waals surface area contributed by atoms with Crippen molar-refractivity contribution in [3.8, 4) is 17.6 Å². The Morgan fingerprint density at radius 3 is 2.69 bits per heavy atom. The number of rotatable bonds is 2. The minimum Gasteiger partial charge on any atom is -0.506 e. The standard InChI is InChI=1S/C10H11NO2/c1-7(2)13-10-5-3-4-9(12)8(10)6-11/h3-5,7,12H,1-2H3. The molecular weight excluding hydrogens is 166 g/mol. The molecule has 0 unspecified atom stereocenters. The van der Waals surface area contributed by atoms with Crippen LogP contribution in [0.5, 0.6) is 11.5 Å². The normalized spacial score (nSPS) is 9.69. The SMILES string of the molecule is CC(C)Oc1cccc(O)c1C#N. The van der Waals surface area contributed by atoms with Gasteiger partial charge >= 0.3 is 0 Å². The topological polar surface area (TPSA) is 53.2 Å². The lowest BCUT2D eigenvalue weighted by Gasteiger charge is -2.11. The fourth-order valence-electron chi connectivity index (χ4n) is 0.984. The molecule has 0 spiro atoms. The molecule has 0 atom stereocenters. The maximum absolute atomic E-state index is 9.30.